The third-order valence-electron chi connectivity index (χ3n) is 2.66. The standard InChI is InChI=1S/C14H16O4/c1-10(8-14(15)16)7-11-3-4-12-13(9-11)18-6-2-5-17-12/h3-4,8-9H,2,5-7H2,1H3,(H,15,16)/b10-8+. The van der Waals surface area contributed by atoms with Crippen LogP contribution < -0.4 is 9.47 Å². The zero-order valence-corrected chi connectivity index (χ0v) is 10.3. The summed E-state index contributed by atoms with van der Waals surface area (Å²) in [6.07, 6.45) is 2.70. The fourth-order valence-electron chi connectivity index (χ4n) is 1.90. The van der Waals surface area contributed by atoms with Gasteiger partial charge in [0.15, 0.2) is 11.5 Å². The minimum atomic E-state index is -0.915. The van der Waals surface area contributed by atoms with E-state index in [1.165, 1.54) is 6.08 Å². The van der Waals surface area contributed by atoms with Crippen LogP contribution in [0.25, 0.3) is 0 Å². The summed E-state index contributed by atoms with van der Waals surface area (Å²) in [6, 6.07) is 5.73. The van der Waals surface area contributed by atoms with Crippen molar-refractivity contribution in [2.45, 2.75) is 19.8 Å². The lowest BCUT2D eigenvalue weighted by molar-refractivity contribution is -0.131. The summed E-state index contributed by atoms with van der Waals surface area (Å²) >= 11 is 0. The number of carboxylic acids is 1. The number of fused-ring (bicyclic) bond motifs is 1. The molecule has 0 saturated heterocycles. The Labute approximate surface area is 106 Å². The van der Waals surface area contributed by atoms with Gasteiger partial charge in [0.25, 0.3) is 0 Å². The number of carbonyl (C=O) groups is 1. The van der Waals surface area contributed by atoms with E-state index in [0.717, 1.165) is 29.1 Å². The molecule has 0 amide bonds. The number of benzene rings is 1. The van der Waals surface area contributed by atoms with Crippen LogP contribution in [-0.4, -0.2) is 24.3 Å². The molecule has 18 heavy (non-hydrogen) atoms. The van der Waals surface area contributed by atoms with Gasteiger partial charge in [-0.15, -0.1) is 0 Å². The van der Waals surface area contributed by atoms with Gasteiger partial charge in [0.2, 0.25) is 0 Å². The van der Waals surface area contributed by atoms with Gasteiger partial charge in [-0.05, 0) is 31.0 Å². The van der Waals surface area contributed by atoms with Gasteiger partial charge >= 0.3 is 5.97 Å². The number of ether oxygens (including phenoxy) is 2. The van der Waals surface area contributed by atoms with Gasteiger partial charge in [0.1, 0.15) is 0 Å². The average Bonchev–Trinajstić information content (AvgIpc) is 2.52. The lowest BCUT2D eigenvalue weighted by Gasteiger charge is -2.09. The second-order valence-corrected chi connectivity index (χ2v) is 4.34. The topological polar surface area (TPSA) is 55.8 Å². The van der Waals surface area contributed by atoms with Crippen LogP contribution in [0.5, 0.6) is 11.5 Å². The molecule has 2 rings (SSSR count). The predicted molar refractivity (Wildman–Crippen MR) is 67.1 cm³/mol. The highest BCUT2D eigenvalue weighted by Gasteiger charge is 2.10. The van der Waals surface area contributed by atoms with E-state index < -0.39 is 5.97 Å². The highest BCUT2D eigenvalue weighted by Crippen LogP contribution is 2.31. The van der Waals surface area contributed by atoms with E-state index in [2.05, 4.69) is 0 Å². The van der Waals surface area contributed by atoms with Gasteiger partial charge in [0, 0.05) is 12.5 Å². The van der Waals surface area contributed by atoms with Crippen LogP contribution in [0.3, 0.4) is 0 Å². The number of aliphatic carboxylic acids is 1. The van der Waals surface area contributed by atoms with E-state index in [4.69, 9.17) is 14.6 Å². The van der Waals surface area contributed by atoms with Crippen LogP contribution in [0.1, 0.15) is 18.9 Å². The Morgan fingerprint density at radius 1 is 1.33 bits per heavy atom. The SMILES string of the molecule is C/C(=C\C(=O)O)Cc1ccc2c(c1)OCCCO2. The summed E-state index contributed by atoms with van der Waals surface area (Å²) in [7, 11) is 0. The molecule has 1 aliphatic rings. The Morgan fingerprint density at radius 2 is 2.06 bits per heavy atom. The van der Waals surface area contributed by atoms with E-state index in [-0.39, 0.29) is 0 Å². The Balaban J connectivity index is 2.15. The first-order chi connectivity index (χ1) is 8.65. The van der Waals surface area contributed by atoms with Gasteiger partial charge in [-0.3, -0.25) is 0 Å². The van der Waals surface area contributed by atoms with E-state index in [1.54, 1.807) is 6.92 Å². The highest BCUT2D eigenvalue weighted by molar-refractivity contribution is 5.80. The first-order valence-electron chi connectivity index (χ1n) is 5.94. The third kappa shape index (κ3) is 3.26. The van der Waals surface area contributed by atoms with Crippen molar-refractivity contribution < 1.29 is 19.4 Å². The monoisotopic (exact) mass is 248 g/mol. The number of rotatable bonds is 3. The lowest BCUT2D eigenvalue weighted by atomic mass is 10.1. The van der Waals surface area contributed by atoms with Crippen molar-refractivity contribution in [3.05, 3.63) is 35.4 Å². The fraction of sp³-hybridized carbons (Fsp3) is 0.357. The normalized spacial score (nSPS) is 15.1. The Hall–Kier alpha value is -1.97. The quantitative estimate of drug-likeness (QED) is 0.835. The molecule has 0 bridgehead atoms. The molecule has 1 heterocycles. The molecule has 0 aliphatic carbocycles. The summed E-state index contributed by atoms with van der Waals surface area (Å²) in [5, 5.41) is 8.67. The maximum atomic E-state index is 10.6. The van der Waals surface area contributed by atoms with Crippen LogP contribution in [0.15, 0.2) is 29.8 Å². The van der Waals surface area contributed by atoms with Crippen molar-refractivity contribution in [3.8, 4) is 11.5 Å². The molecule has 0 fully saturated rings. The molecule has 1 aromatic rings. The van der Waals surface area contributed by atoms with Gasteiger partial charge in [-0.2, -0.15) is 0 Å². The smallest absolute Gasteiger partial charge is 0.328 e. The summed E-state index contributed by atoms with van der Waals surface area (Å²) in [5.74, 6) is 0.589. The molecule has 0 radical (unpaired) electrons. The fourth-order valence-corrected chi connectivity index (χ4v) is 1.90. The molecule has 4 nitrogen and oxygen atoms in total. The first-order valence-corrected chi connectivity index (χ1v) is 5.94. The lowest BCUT2D eigenvalue weighted by Crippen LogP contribution is -1.97. The third-order valence-corrected chi connectivity index (χ3v) is 2.66. The second kappa shape index (κ2) is 5.58. The summed E-state index contributed by atoms with van der Waals surface area (Å²) < 4.78 is 11.1. The molecule has 1 aromatic carbocycles. The predicted octanol–water partition coefficient (Wildman–Crippen LogP) is 2.42. The van der Waals surface area contributed by atoms with E-state index in [1.807, 2.05) is 18.2 Å². The van der Waals surface area contributed by atoms with Crippen molar-refractivity contribution in [1.29, 1.82) is 0 Å². The molecule has 96 valence electrons. The van der Waals surface area contributed by atoms with Gasteiger partial charge in [-0.1, -0.05) is 11.6 Å². The molecule has 1 aliphatic heterocycles. The zero-order valence-electron chi connectivity index (χ0n) is 10.3. The largest absolute Gasteiger partial charge is 0.490 e. The number of hydrogen-bond donors (Lipinski definition) is 1. The van der Waals surface area contributed by atoms with Crippen molar-refractivity contribution in [2.75, 3.05) is 13.2 Å². The maximum Gasteiger partial charge on any atom is 0.328 e. The number of carboxylic acid groups (broad SMARTS) is 1. The van der Waals surface area contributed by atoms with Crippen LogP contribution in [0.2, 0.25) is 0 Å². The summed E-state index contributed by atoms with van der Waals surface area (Å²) in [4.78, 5) is 10.6. The van der Waals surface area contributed by atoms with Crippen molar-refractivity contribution in [3.63, 3.8) is 0 Å². The second-order valence-electron chi connectivity index (χ2n) is 4.34. The molecule has 0 aromatic heterocycles. The molecule has 0 unspecified atom stereocenters. The minimum absolute atomic E-state index is 0.600. The van der Waals surface area contributed by atoms with Crippen molar-refractivity contribution in [2.24, 2.45) is 0 Å². The molecule has 1 N–H and O–H groups in total. The van der Waals surface area contributed by atoms with Gasteiger partial charge in [-0.25, -0.2) is 4.79 Å². The van der Waals surface area contributed by atoms with Crippen molar-refractivity contribution in [1.82, 2.24) is 0 Å². The Bertz CT molecular complexity index is 477. The highest BCUT2D eigenvalue weighted by atomic mass is 16.5. The molecule has 0 spiro atoms. The molecule has 4 heteroatoms. The summed E-state index contributed by atoms with van der Waals surface area (Å²) in [6.45, 7) is 3.13. The van der Waals surface area contributed by atoms with E-state index in [9.17, 15) is 4.79 Å². The Kier molecular flexibility index (Phi) is 3.87. The first kappa shape index (κ1) is 12.5. The maximum absolute atomic E-state index is 10.6. The molecular formula is C14H16O4. The number of allylic oxidation sites excluding steroid dienone is 1. The molecule has 0 saturated carbocycles. The van der Waals surface area contributed by atoms with E-state index in [0.29, 0.717) is 19.6 Å². The minimum Gasteiger partial charge on any atom is -0.490 e. The summed E-state index contributed by atoms with van der Waals surface area (Å²) in [5.41, 5.74) is 1.83. The molecular weight excluding hydrogens is 232 g/mol. The van der Waals surface area contributed by atoms with Crippen LogP contribution >= 0.6 is 0 Å². The van der Waals surface area contributed by atoms with Crippen LogP contribution in [0, 0.1) is 0 Å². The molecule has 0 atom stereocenters. The number of hydrogen-bond acceptors (Lipinski definition) is 3. The van der Waals surface area contributed by atoms with Crippen molar-refractivity contribution >= 4 is 5.97 Å². The van der Waals surface area contributed by atoms with Crippen LogP contribution in [-0.2, 0) is 11.2 Å². The van der Waals surface area contributed by atoms with Gasteiger partial charge < -0.3 is 14.6 Å². The van der Waals surface area contributed by atoms with Gasteiger partial charge in [0.05, 0.1) is 13.2 Å². The van der Waals surface area contributed by atoms with E-state index >= 15 is 0 Å². The zero-order chi connectivity index (χ0) is 13.0. The van der Waals surface area contributed by atoms with Crippen LogP contribution in [0.4, 0.5) is 0 Å². The average molecular weight is 248 g/mol. The Morgan fingerprint density at radius 3 is 2.78 bits per heavy atom.